The molecule has 0 spiro atoms. The maximum absolute atomic E-state index is 11.0. The number of hydrogen-bond acceptors (Lipinski definition) is 5. The molecule has 0 aliphatic rings. The highest BCUT2D eigenvalue weighted by atomic mass is 16.5. The molecule has 0 aliphatic heterocycles. The van der Waals surface area contributed by atoms with Crippen LogP contribution in [0, 0.1) is 0 Å². The molecule has 1 atom stereocenters. The average molecular weight is 226 g/mol. The molecule has 0 bridgehead atoms. The van der Waals surface area contributed by atoms with Crippen LogP contribution in [-0.4, -0.2) is 19.7 Å². The molecule has 0 amide bonds. The minimum atomic E-state index is -0.472. The number of esters is 1. The Morgan fingerprint density at radius 3 is 2.81 bits per heavy atom. The summed E-state index contributed by atoms with van der Waals surface area (Å²) in [6.07, 6.45) is 1.33. The third kappa shape index (κ3) is 3.12. The van der Waals surface area contributed by atoms with E-state index in [1.807, 2.05) is 6.92 Å². The SMILES string of the molecule is COc1cc(=O)occ1C(C)COC(C)=O. The topological polar surface area (TPSA) is 65.7 Å². The summed E-state index contributed by atoms with van der Waals surface area (Å²) in [5.74, 6) is 0.00213. The van der Waals surface area contributed by atoms with Gasteiger partial charge in [0.05, 0.1) is 19.8 Å². The summed E-state index contributed by atoms with van der Waals surface area (Å²) < 4.78 is 14.7. The summed E-state index contributed by atoms with van der Waals surface area (Å²) >= 11 is 0. The Bertz CT molecular complexity index is 421. The quantitative estimate of drug-likeness (QED) is 0.724. The van der Waals surface area contributed by atoms with E-state index in [0.717, 1.165) is 0 Å². The van der Waals surface area contributed by atoms with Crippen LogP contribution >= 0.6 is 0 Å². The van der Waals surface area contributed by atoms with E-state index in [1.165, 1.54) is 26.4 Å². The lowest BCUT2D eigenvalue weighted by Gasteiger charge is -2.13. The molecule has 1 rings (SSSR count). The molecule has 0 aromatic carbocycles. The number of ether oxygens (including phenoxy) is 2. The van der Waals surface area contributed by atoms with Crippen LogP contribution in [0.4, 0.5) is 0 Å². The Hall–Kier alpha value is -1.78. The van der Waals surface area contributed by atoms with Gasteiger partial charge in [0.15, 0.2) is 0 Å². The highest BCUT2D eigenvalue weighted by Gasteiger charge is 2.14. The van der Waals surface area contributed by atoms with Crippen LogP contribution in [0.1, 0.15) is 25.3 Å². The number of rotatable bonds is 4. The van der Waals surface area contributed by atoms with Crippen molar-refractivity contribution in [3.05, 3.63) is 28.3 Å². The Labute approximate surface area is 93.0 Å². The van der Waals surface area contributed by atoms with Gasteiger partial charge in [0.1, 0.15) is 12.0 Å². The molecule has 0 saturated carbocycles. The second-order valence-corrected chi connectivity index (χ2v) is 3.43. The standard InChI is InChI=1S/C11H14O5/c1-7(5-15-8(2)12)9-6-16-11(13)4-10(9)14-3/h4,6-7H,5H2,1-3H3. The normalized spacial score (nSPS) is 11.9. The first-order chi connectivity index (χ1) is 7.54. The molecule has 1 unspecified atom stereocenters. The van der Waals surface area contributed by atoms with Crippen LogP contribution in [0.15, 0.2) is 21.5 Å². The van der Waals surface area contributed by atoms with E-state index in [-0.39, 0.29) is 18.5 Å². The van der Waals surface area contributed by atoms with E-state index in [9.17, 15) is 9.59 Å². The minimum absolute atomic E-state index is 0.0943. The largest absolute Gasteiger partial charge is 0.496 e. The van der Waals surface area contributed by atoms with Crippen LogP contribution in [0.5, 0.6) is 5.75 Å². The van der Waals surface area contributed by atoms with Crippen LogP contribution < -0.4 is 10.4 Å². The van der Waals surface area contributed by atoms with Gasteiger partial charge in [0.25, 0.3) is 0 Å². The van der Waals surface area contributed by atoms with Crippen molar-refractivity contribution in [1.29, 1.82) is 0 Å². The highest BCUT2D eigenvalue weighted by molar-refractivity contribution is 5.65. The van der Waals surface area contributed by atoms with E-state index in [0.29, 0.717) is 11.3 Å². The third-order valence-corrected chi connectivity index (χ3v) is 2.12. The summed E-state index contributed by atoms with van der Waals surface area (Å²) in [6.45, 7) is 3.41. The van der Waals surface area contributed by atoms with Crippen LogP contribution in [0.3, 0.4) is 0 Å². The third-order valence-electron chi connectivity index (χ3n) is 2.12. The molecule has 5 nitrogen and oxygen atoms in total. The van der Waals surface area contributed by atoms with Gasteiger partial charge in [0.2, 0.25) is 0 Å². The van der Waals surface area contributed by atoms with Crippen LogP contribution in [-0.2, 0) is 9.53 Å². The zero-order chi connectivity index (χ0) is 12.1. The molecule has 0 fully saturated rings. The summed E-state index contributed by atoms with van der Waals surface area (Å²) in [7, 11) is 1.47. The molecule has 1 heterocycles. The van der Waals surface area contributed by atoms with E-state index in [2.05, 4.69) is 0 Å². The van der Waals surface area contributed by atoms with Crippen molar-refractivity contribution >= 4 is 5.97 Å². The maximum Gasteiger partial charge on any atom is 0.339 e. The van der Waals surface area contributed by atoms with Crippen molar-refractivity contribution in [3.8, 4) is 5.75 Å². The lowest BCUT2D eigenvalue weighted by atomic mass is 10.0. The van der Waals surface area contributed by atoms with E-state index in [1.54, 1.807) is 0 Å². The summed E-state index contributed by atoms with van der Waals surface area (Å²) in [6, 6.07) is 1.26. The van der Waals surface area contributed by atoms with Crippen molar-refractivity contribution < 1.29 is 18.7 Å². The predicted octanol–water partition coefficient (Wildman–Crippen LogP) is 1.31. The monoisotopic (exact) mass is 226 g/mol. The van der Waals surface area contributed by atoms with Crippen molar-refractivity contribution in [2.75, 3.05) is 13.7 Å². The fourth-order valence-electron chi connectivity index (χ4n) is 1.27. The lowest BCUT2D eigenvalue weighted by Crippen LogP contribution is -2.10. The Kier molecular flexibility index (Phi) is 4.10. The summed E-state index contributed by atoms with van der Waals surface area (Å²) in [5, 5.41) is 0. The van der Waals surface area contributed by atoms with Gasteiger partial charge >= 0.3 is 11.6 Å². The lowest BCUT2D eigenvalue weighted by molar-refractivity contribution is -0.141. The number of carbonyl (C=O) groups excluding carboxylic acids is 1. The second kappa shape index (κ2) is 5.34. The van der Waals surface area contributed by atoms with Gasteiger partial charge < -0.3 is 13.9 Å². The van der Waals surface area contributed by atoms with Crippen LogP contribution in [0.25, 0.3) is 0 Å². The van der Waals surface area contributed by atoms with E-state index >= 15 is 0 Å². The van der Waals surface area contributed by atoms with Gasteiger partial charge in [-0.3, -0.25) is 4.79 Å². The zero-order valence-electron chi connectivity index (χ0n) is 9.48. The van der Waals surface area contributed by atoms with Crippen molar-refractivity contribution in [3.63, 3.8) is 0 Å². The molecule has 0 aliphatic carbocycles. The predicted molar refractivity (Wildman–Crippen MR) is 56.6 cm³/mol. The van der Waals surface area contributed by atoms with Crippen LogP contribution in [0.2, 0.25) is 0 Å². The Balaban J connectivity index is 2.85. The molecule has 0 radical (unpaired) electrons. The number of carbonyl (C=O) groups is 1. The molecule has 1 aromatic heterocycles. The molecule has 88 valence electrons. The smallest absolute Gasteiger partial charge is 0.339 e. The second-order valence-electron chi connectivity index (χ2n) is 3.43. The van der Waals surface area contributed by atoms with Gasteiger partial charge in [-0.25, -0.2) is 4.79 Å². The number of hydrogen-bond donors (Lipinski definition) is 0. The molecule has 5 heteroatoms. The van der Waals surface area contributed by atoms with Crippen molar-refractivity contribution in [1.82, 2.24) is 0 Å². The molecule has 0 saturated heterocycles. The molecule has 0 N–H and O–H groups in total. The Morgan fingerprint density at radius 2 is 2.25 bits per heavy atom. The first kappa shape index (κ1) is 12.3. The molecule has 1 aromatic rings. The minimum Gasteiger partial charge on any atom is -0.496 e. The van der Waals surface area contributed by atoms with E-state index in [4.69, 9.17) is 13.9 Å². The Morgan fingerprint density at radius 1 is 1.56 bits per heavy atom. The summed E-state index contributed by atoms with van der Waals surface area (Å²) in [5.41, 5.74) is 0.226. The average Bonchev–Trinajstić information content (AvgIpc) is 2.25. The van der Waals surface area contributed by atoms with Crippen molar-refractivity contribution in [2.45, 2.75) is 19.8 Å². The fraction of sp³-hybridized carbons (Fsp3) is 0.455. The maximum atomic E-state index is 11.0. The first-order valence-corrected chi connectivity index (χ1v) is 4.84. The van der Waals surface area contributed by atoms with Gasteiger partial charge in [-0.05, 0) is 0 Å². The van der Waals surface area contributed by atoms with Gasteiger partial charge in [-0.2, -0.15) is 0 Å². The van der Waals surface area contributed by atoms with Gasteiger partial charge in [0, 0.05) is 18.4 Å². The summed E-state index contributed by atoms with van der Waals surface area (Å²) in [4.78, 5) is 21.6. The zero-order valence-corrected chi connectivity index (χ0v) is 9.48. The van der Waals surface area contributed by atoms with Gasteiger partial charge in [-0.1, -0.05) is 6.92 Å². The van der Waals surface area contributed by atoms with Crippen molar-refractivity contribution in [2.24, 2.45) is 0 Å². The highest BCUT2D eigenvalue weighted by Crippen LogP contribution is 2.24. The van der Waals surface area contributed by atoms with Gasteiger partial charge in [-0.15, -0.1) is 0 Å². The number of methoxy groups -OCH3 is 1. The molecular formula is C11H14O5. The molecular weight excluding hydrogens is 212 g/mol. The van der Waals surface area contributed by atoms with E-state index < -0.39 is 5.63 Å². The fourth-order valence-corrected chi connectivity index (χ4v) is 1.27. The first-order valence-electron chi connectivity index (χ1n) is 4.84. The molecule has 16 heavy (non-hydrogen) atoms.